The zero-order valence-electron chi connectivity index (χ0n) is 16.8. The molecule has 3 aromatic rings. The molecule has 31 heavy (non-hydrogen) atoms. The van der Waals surface area contributed by atoms with Gasteiger partial charge in [0.15, 0.2) is 11.6 Å². The highest BCUT2D eigenvalue weighted by molar-refractivity contribution is 5.60. The van der Waals surface area contributed by atoms with Gasteiger partial charge < -0.3 is 5.32 Å². The van der Waals surface area contributed by atoms with Crippen LogP contribution in [0.5, 0.6) is 0 Å². The Kier molecular flexibility index (Phi) is 5.31. The second-order valence-corrected chi connectivity index (χ2v) is 8.40. The van der Waals surface area contributed by atoms with E-state index in [4.69, 9.17) is 0 Å². The second-order valence-electron chi connectivity index (χ2n) is 8.40. The van der Waals surface area contributed by atoms with E-state index in [1.54, 1.807) is 6.07 Å². The molecule has 0 radical (unpaired) electrons. The zero-order chi connectivity index (χ0) is 21.4. The predicted molar refractivity (Wildman–Crippen MR) is 110 cm³/mol. The van der Waals surface area contributed by atoms with Gasteiger partial charge in [-0.1, -0.05) is 6.07 Å². The number of benzene rings is 1. The maximum atomic E-state index is 14.0. The number of pyridine rings is 1. The molecule has 0 unspecified atom stereocenters. The molecular weight excluding hydrogens is 403 g/mol. The first-order valence-corrected chi connectivity index (χ1v) is 10.4. The molecule has 2 aliphatic rings. The molecule has 1 aromatic carbocycles. The summed E-state index contributed by atoms with van der Waals surface area (Å²) in [4.78, 5) is 6.88. The molecule has 1 aliphatic heterocycles. The highest BCUT2D eigenvalue weighted by Gasteiger charge is 2.40. The summed E-state index contributed by atoms with van der Waals surface area (Å²) in [5.41, 5.74) is 0.956. The fraction of sp³-hybridized carbons (Fsp3) is 0.348. The number of hydrogen-bond donors (Lipinski definition) is 1. The largest absolute Gasteiger partial charge is 0.366 e. The van der Waals surface area contributed by atoms with Crippen molar-refractivity contribution in [3.63, 3.8) is 0 Å². The minimum atomic E-state index is -1.24. The van der Waals surface area contributed by atoms with Gasteiger partial charge >= 0.3 is 0 Å². The summed E-state index contributed by atoms with van der Waals surface area (Å²) in [7, 11) is 0. The highest BCUT2D eigenvalue weighted by Crippen LogP contribution is 2.39. The minimum absolute atomic E-state index is 0.0925. The van der Waals surface area contributed by atoms with Crippen molar-refractivity contribution in [2.45, 2.75) is 25.4 Å². The summed E-state index contributed by atoms with van der Waals surface area (Å²) in [5.74, 6) is -1.37. The highest BCUT2D eigenvalue weighted by atomic mass is 19.2. The van der Waals surface area contributed by atoms with Crippen LogP contribution >= 0.6 is 0 Å². The van der Waals surface area contributed by atoms with E-state index in [0.29, 0.717) is 29.8 Å². The van der Waals surface area contributed by atoms with E-state index in [9.17, 15) is 13.2 Å². The van der Waals surface area contributed by atoms with Crippen molar-refractivity contribution in [3.8, 4) is 11.3 Å². The van der Waals surface area contributed by atoms with Crippen LogP contribution in [0, 0.1) is 29.3 Å². The Morgan fingerprint density at radius 1 is 0.968 bits per heavy atom. The summed E-state index contributed by atoms with van der Waals surface area (Å²) in [5, 5.41) is 11.5. The number of likely N-dealkylation sites (tertiary alicyclic amines) is 1. The Hall–Kier alpha value is -3.00. The van der Waals surface area contributed by atoms with Gasteiger partial charge in [-0.25, -0.2) is 13.2 Å². The van der Waals surface area contributed by atoms with Crippen LogP contribution < -0.4 is 5.32 Å². The fourth-order valence-electron chi connectivity index (χ4n) is 4.87. The molecule has 1 saturated heterocycles. The third-order valence-corrected chi connectivity index (χ3v) is 6.22. The summed E-state index contributed by atoms with van der Waals surface area (Å²) in [6.07, 6.45) is 3.94. The van der Waals surface area contributed by atoms with Crippen LogP contribution in [0.25, 0.3) is 11.3 Å². The molecule has 3 atom stereocenters. The van der Waals surface area contributed by atoms with Crippen LogP contribution in [0.1, 0.15) is 18.5 Å². The van der Waals surface area contributed by atoms with Gasteiger partial charge in [0.25, 0.3) is 0 Å². The molecule has 1 saturated carbocycles. The average Bonchev–Trinajstić information content (AvgIpc) is 3.30. The first-order chi connectivity index (χ1) is 15.0. The molecule has 2 fully saturated rings. The van der Waals surface area contributed by atoms with Crippen LogP contribution in [0.3, 0.4) is 0 Å². The molecule has 3 heterocycles. The first kappa shape index (κ1) is 19.9. The summed E-state index contributed by atoms with van der Waals surface area (Å²) < 4.78 is 40.8. The monoisotopic (exact) mass is 425 g/mol. The minimum Gasteiger partial charge on any atom is -0.366 e. The normalized spacial score (nSPS) is 23.1. The lowest BCUT2D eigenvalue weighted by Crippen LogP contribution is -2.25. The fourth-order valence-corrected chi connectivity index (χ4v) is 4.87. The molecule has 0 spiro atoms. The SMILES string of the molecule is Fc1cc(F)c(F)c(-c2ccc(N[C@H]3C[C@@H]4CN(Cc5ccccn5)C[C@@H]4C3)nn2)c1. The van der Waals surface area contributed by atoms with Gasteiger partial charge in [0.1, 0.15) is 11.6 Å². The third kappa shape index (κ3) is 4.25. The van der Waals surface area contributed by atoms with Gasteiger partial charge in [-0.3, -0.25) is 9.88 Å². The number of halogens is 3. The Balaban J connectivity index is 1.18. The lowest BCUT2D eigenvalue weighted by molar-refractivity contribution is 0.297. The lowest BCUT2D eigenvalue weighted by atomic mass is 10.0. The smallest absolute Gasteiger partial charge is 0.168 e. The zero-order valence-corrected chi connectivity index (χ0v) is 16.8. The molecule has 2 aromatic heterocycles. The number of nitrogens with one attached hydrogen (secondary N) is 1. The van der Waals surface area contributed by atoms with Crippen molar-refractivity contribution in [3.05, 3.63) is 71.8 Å². The van der Waals surface area contributed by atoms with Crippen LogP contribution in [0.15, 0.2) is 48.7 Å². The van der Waals surface area contributed by atoms with Crippen LogP contribution in [0.4, 0.5) is 19.0 Å². The van der Waals surface area contributed by atoms with E-state index >= 15 is 0 Å². The van der Waals surface area contributed by atoms with Gasteiger partial charge in [0.2, 0.25) is 0 Å². The van der Waals surface area contributed by atoms with Gasteiger partial charge in [0, 0.05) is 43.5 Å². The lowest BCUT2D eigenvalue weighted by Gasteiger charge is -2.19. The number of hydrogen-bond acceptors (Lipinski definition) is 5. The van der Waals surface area contributed by atoms with Crippen molar-refractivity contribution >= 4 is 5.82 Å². The Labute approximate surface area is 178 Å². The molecule has 0 bridgehead atoms. The van der Waals surface area contributed by atoms with Gasteiger partial charge in [0.05, 0.1) is 11.4 Å². The van der Waals surface area contributed by atoms with Crippen molar-refractivity contribution < 1.29 is 13.2 Å². The van der Waals surface area contributed by atoms with Crippen molar-refractivity contribution in [2.24, 2.45) is 11.8 Å². The van der Waals surface area contributed by atoms with Crippen LogP contribution in [-0.2, 0) is 6.54 Å². The quantitative estimate of drug-likeness (QED) is 0.619. The molecule has 0 amide bonds. The van der Waals surface area contributed by atoms with Crippen molar-refractivity contribution in [1.29, 1.82) is 0 Å². The number of rotatable bonds is 5. The first-order valence-electron chi connectivity index (χ1n) is 10.4. The van der Waals surface area contributed by atoms with E-state index in [0.717, 1.165) is 44.2 Å². The summed E-state index contributed by atoms with van der Waals surface area (Å²) in [6, 6.07) is 10.9. The van der Waals surface area contributed by atoms with Crippen molar-refractivity contribution in [1.82, 2.24) is 20.1 Å². The molecule has 1 N–H and O–H groups in total. The Morgan fingerprint density at radius 2 is 1.77 bits per heavy atom. The number of aromatic nitrogens is 3. The average molecular weight is 425 g/mol. The Morgan fingerprint density at radius 3 is 2.45 bits per heavy atom. The third-order valence-electron chi connectivity index (χ3n) is 6.22. The van der Waals surface area contributed by atoms with E-state index in [-0.39, 0.29) is 11.3 Å². The molecule has 1 aliphatic carbocycles. The van der Waals surface area contributed by atoms with Gasteiger partial charge in [-0.15, -0.1) is 10.2 Å². The maximum Gasteiger partial charge on any atom is 0.168 e. The van der Waals surface area contributed by atoms with Crippen molar-refractivity contribution in [2.75, 3.05) is 18.4 Å². The van der Waals surface area contributed by atoms with E-state index < -0.39 is 17.5 Å². The molecular formula is C23H22F3N5. The van der Waals surface area contributed by atoms with Crippen LogP contribution in [0.2, 0.25) is 0 Å². The summed E-state index contributed by atoms with van der Waals surface area (Å²) in [6.45, 7) is 3.01. The van der Waals surface area contributed by atoms with E-state index in [1.165, 1.54) is 6.07 Å². The molecule has 5 rings (SSSR count). The number of nitrogens with zero attached hydrogens (tertiary/aromatic N) is 4. The van der Waals surface area contributed by atoms with E-state index in [2.05, 4.69) is 31.5 Å². The second kappa shape index (κ2) is 8.26. The standard InChI is InChI=1S/C23H22F3N5/c24-16-9-19(23(26)20(25)10-16)21-4-5-22(30-29-21)28-18-7-14-11-31(12-15(14)8-18)13-17-3-1-2-6-27-17/h1-6,9-10,14-15,18H,7-8,11-13H2,(H,28,30)/t14-,15+,18+. The molecule has 160 valence electrons. The Bertz CT molecular complexity index is 1050. The number of fused-ring (bicyclic) bond motifs is 1. The van der Waals surface area contributed by atoms with Crippen LogP contribution in [-0.4, -0.2) is 39.2 Å². The number of anilines is 1. The summed E-state index contributed by atoms with van der Waals surface area (Å²) >= 11 is 0. The topological polar surface area (TPSA) is 53.9 Å². The molecule has 8 heteroatoms. The van der Waals surface area contributed by atoms with Gasteiger partial charge in [-0.2, -0.15) is 0 Å². The maximum absolute atomic E-state index is 14.0. The molecule has 5 nitrogen and oxygen atoms in total. The van der Waals surface area contributed by atoms with Gasteiger partial charge in [-0.05, 0) is 55.0 Å². The van der Waals surface area contributed by atoms with E-state index in [1.807, 2.05) is 18.3 Å². The predicted octanol–water partition coefficient (Wildman–Crippen LogP) is 4.28.